The van der Waals surface area contributed by atoms with Gasteiger partial charge in [0.2, 0.25) is 0 Å². The number of carbonyl (C=O) groups excluding carboxylic acids is 1. The molecule has 0 bridgehead atoms. The van der Waals surface area contributed by atoms with Crippen LogP contribution < -0.4 is 0 Å². The summed E-state index contributed by atoms with van der Waals surface area (Å²) in [6, 6.07) is 0. The van der Waals surface area contributed by atoms with E-state index in [9.17, 15) is 13.2 Å². The Balaban J connectivity index is 3.83. The zero-order valence-corrected chi connectivity index (χ0v) is 8.89. The van der Waals surface area contributed by atoms with E-state index >= 15 is 0 Å². The van der Waals surface area contributed by atoms with Crippen LogP contribution in [-0.4, -0.2) is 33.0 Å². The van der Waals surface area contributed by atoms with Gasteiger partial charge in [-0.15, -0.1) is 0 Å². The molecule has 0 aliphatic heterocycles. The van der Waals surface area contributed by atoms with E-state index in [0.29, 0.717) is 6.42 Å². The Hall–Kier alpha value is -0.580. The number of ether oxygens (including phenoxy) is 1. The Bertz CT molecular complexity index is 243. The molecule has 0 spiro atoms. The number of methoxy groups -OCH3 is 1. The first-order chi connectivity index (χ1) is 6.02. The molecule has 0 fully saturated rings. The molecule has 0 aromatic heterocycles. The first-order valence-corrected chi connectivity index (χ1v) is 6.11. The van der Waals surface area contributed by atoms with Crippen LogP contribution in [-0.2, 0) is 19.4 Å². The number of esters is 1. The van der Waals surface area contributed by atoms with Crippen molar-refractivity contribution in [1.82, 2.24) is 0 Å². The number of hydrogen-bond acceptors (Lipinski definition) is 4. The lowest BCUT2D eigenvalue weighted by molar-refractivity contribution is -0.140. The molecule has 0 aromatic rings. The minimum absolute atomic E-state index is 0.0391. The summed E-state index contributed by atoms with van der Waals surface area (Å²) in [6.45, 7) is 1.93. The van der Waals surface area contributed by atoms with Crippen molar-refractivity contribution in [1.29, 1.82) is 0 Å². The molecule has 13 heavy (non-hydrogen) atoms. The zero-order chi connectivity index (χ0) is 10.3. The van der Waals surface area contributed by atoms with E-state index in [1.807, 2.05) is 6.92 Å². The molecule has 0 aromatic carbocycles. The van der Waals surface area contributed by atoms with Crippen molar-refractivity contribution < 1.29 is 17.9 Å². The standard InChI is InChI=1S/C8H16O4S/c1-3-4-6-13(10,11)7-5-8(9)12-2/h3-7H2,1-2H3. The molecule has 0 aliphatic rings. The van der Waals surface area contributed by atoms with Gasteiger partial charge < -0.3 is 4.74 Å². The van der Waals surface area contributed by atoms with Gasteiger partial charge in [-0.25, -0.2) is 8.42 Å². The van der Waals surface area contributed by atoms with E-state index < -0.39 is 15.8 Å². The normalized spacial score (nSPS) is 11.2. The van der Waals surface area contributed by atoms with Crippen molar-refractivity contribution in [3.8, 4) is 0 Å². The molecule has 5 heteroatoms. The van der Waals surface area contributed by atoms with Crippen LogP contribution in [0.1, 0.15) is 26.2 Å². The molecule has 0 atom stereocenters. The van der Waals surface area contributed by atoms with E-state index in [1.54, 1.807) is 0 Å². The Kier molecular flexibility index (Phi) is 5.70. The largest absolute Gasteiger partial charge is 0.469 e. The molecule has 0 radical (unpaired) electrons. The Morgan fingerprint density at radius 2 is 1.92 bits per heavy atom. The Labute approximate surface area is 79.2 Å². The van der Waals surface area contributed by atoms with E-state index in [0.717, 1.165) is 6.42 Å². The predicted molar refractivity (Wildman–Crippen MR) is 50.2 cm³/mol. The highest BCUT2D eigenvalue weighted by Gasteiger charge is 2.12. The lowest BCUT2D eigenvalue weighted by Gasteiger charge is -2.01. The minimum Gasteiger partial charge on any atom is -0.469 e. The van der Waals surface area contributed by atoms with Crippen LogP contribution in [0.4, 0.5) is 0 Å². The van der Waals surface area contributed by atoms with Crippen LogP contribution in [0.5, 0.6) is 0 Å². The molecule has 0 saturated carbocycles. The Morgan fingerprint density at radius 3 is 2.38 bits per heavy atom. The van der Waals surface area contributed by atoms with Crippen LogP contribution in [0, 0.1) is 0 Å². The second kappa shape index (κ2) is 5.96. The van der Waals surface area contributed by atoms with Gasteiger partial charge in [-0.05, 0) is 6.42 Å². The second-order valence-electron chi connectivity index (χ2n) is 2.83. The average molecular weight is 208 g/mol. The maximum Gasteiger partial charge on any atom is 0.306 e. The van der Waals surface area contributed by atoms with E-state index in [2.05, 4.69) is 4.74 Å². The van der Waals surface area contributed by atoms with Gasteiger partial charge in [0.05, 0.1) is 25.0 Å². The molecule has 0 heterocycles. The van der Waals surface area contributed by atoms with E-state index in [4.69, 9.17) is 0 Å². The summed E-state index contributed by atoms with van der Waals surface area (Å²) in [5, 5.41) is 0. The topological polar surface area (TPSA) is 60.4 Å². The molecule has 4 nitrogen and oxygen atoms in total. The molecule has 0 saturated heterocycles. The maximum absolute atomic E-state index is 11.2. The number of sulfone groups is 1. The molecule has 0 amide bonds. The van der Waals surface area contributed by atoms with Gasteiger partial charge in [-0.1, -0.05) is 13.3 Å². The highest BCUT2D eigenvalue weighted by atomic mass is 32.2. The summed E-state index contributed by atoms with van der Waals surface area (Å²) in [6.07, 6.45) is 1.46. The SMILES string of the molecule is CCCCS(=O)(=O)CCC(=O)OC. The molecule has 0 aliphatic carbocycles. The third-order valence-electron chi connectivity index (χ3n) is 1.65. The molecular weight excluding hydrogens is 192 g/mol. The zero-order valence-electron chi connectivity index (χ0n) is 8.08. The average Bonchev–Trinajstić information content (AvgIpc) is 2.11. The van der Waals surface area contributed by atoms with Crippen molar-refractivity contribution in [3.63, 3.8) is 0 Å². The fourth-order valence-corrected chi connectivity index (χ4v) is 2.22. The first-order valence-electron chi connectivity index (χ1n) is 4.29. The fraction of sp³-hybridized carbons (Fsp3) is 0.875. The monoisotopic (exact) mass is 208 g/mol. The van der Waals surface area contributed by atoms with Gasteiger partial charge in [-0.2, -0.15) is 0 Å². The van der Waals surface area contributed by atoms with Gasteiger partial charge >= 0.3 is 5.97 Å². The third-order valence-corrected chi connectivity index (χ3v) is 3.39. The molecule has 78 valence electrons. The van der Waals surface area contributed by atoms with E-state index in [-0.39, 0.29) is 17.9 Å². The van der Waals surface area contributed by atoms with E-state index in [1.165, 1.54) is 7.11 Å². The molecular formula is C8H16O4S. The summed E-state index contributed by atoms with van der Waals surface area (Å²) in [5.41, 5.74) is 0. The first kappa shape index (κ1) is 12.4. The van der Waals surface area contributed by atoms with Gasteiger partial charge in [0.25, 0.3) is 0 Å². The predicted octanol–water partition coefficient (Wildman–Crippen LogP) is 0.764. The highest BCUT2D eigenvalue weighted by Crippen LogP contribution is 1.99. The summed E-state index contributed by atoms with van der Waals surface area (Å²) < 4.78 is 26.8. The van der Waals surface area contributed by atoms with Crippen molar-refractivity contribution >= 4 is 15.8 Å². The van der Waals surface area contributed by atoms with Gasteiger partial charge in [0.15, 0.2) is 9.84 Å². The Morgan fingerprint density at radius 1 is 1.31 bits per heavy atom. The smallest absolute Gasteiger partial charge is 0.306 e. The van der Waals surface area contributed by atoms with Crippen LogP contribution in [0.2, 0.25) is 0 Å². The highest BCUT2D eigenvalue weighted by molar-refractivity contribution is 7.91. The molecule has 0 rings (SSSR count). The van der Waals surface area contributed by atoms with Crippen molar-refractivity contribution in [2.75, 3.05) is 18.6 Å². The minimum atomic E-state index is -3.05. The maximum atomic E-state index is 11.2. The lowest BCUT2D eigenvalue weighted by Crippen LogP contribution is -2.15. The molecule has 0 unspecified atom stereocenters. The van der Waals surface area contributed by atoms with Crippen LogP contribution >= 0.6 is 0 Å². The van der Waals surface area contributed by atoms with Crippen LogP contribution in [0.25, 0.3) is 0 Å². The van der Waals surface area contributed by atoms with Gasteiger partial charge in [0.1, 0.15) is 0 Å². The number of rotatable bonds is 6. The second-order valence-corrected chi connectivity index (χ2v) is 5.14. The number of hydrogen-bond donors (Lipinski definition) is 0. The quantitative estimate of drug-likeness (QED) is 0.605. The summed E-state index contributed by atoms with van der Waals surface area (Å²) in [5.74, 6) is -0.403. The lowest BCUT2D eigenvalue weighted by atomic mass is 10.4. The van der Waals surface area contributed by atoms with Crippen molar-refractivity contribution in [2.24, 2.45) is 0 Å². The summed E-state index contributed by atoms with van der Waals surface area (Å²) >= 11 is 0. The van der Waals surface area contributed by atoms with Crippen LogP contribution in [0.15, 0.2) is 0 Å². The third kappa shape index (κ3) is 6.57. The molecule has 0 N–H and O–H groups in total. The fourth-order valence-electron chi connectivity index (χ4n) is 0.807. The number of unbranched alkanes of at least 4 members (excludes halogenated alkanes) is 1. The van der Waals surface area contributed by atoms with Crippen molar-refractivity contribution in [3.05, 3.63) is 0 Å². The van der Waals surface area contributed by atoms with Crippen LogP contribution in [0.3, 0.4) is 0 Å². The van der Waals surface area contributed by atoms with Crippen molar-refractivity contribution in [2.45, 2.75) is 26.2 Å². The summed E-state index contributed by atoms with van der Waals surface area (Å²) in [4.78, 5) is 10.6. The van der Waals surface area contributed by atoms with Gasteiger partial charge in [-0.3, -0.25) is 4.79 Å². The number of carbonyl (C=O) groups is 1. The summed E-state index contributed by atoms with van der Waals surface area (Å²) in [7, 11) is -1.80. The van der Waals surface area contributed by atoms with Gasteiger partial charge in [0, 0.05) is 0 Å².